The maximum Gasteiger partial charge on any atom is 0.334 e. The first-order chi connectivity index (χ1) is 14.2. The summed E-state index contributed by atoms with van der Waals surface area (Å²) in [7, 11) is -4.22. The van der Waals surface area contributed by atoms with Gasteiger partial charge < -0.3 is 9.80 Å². The second-order valence-corrected chi connectivity index (χ2v) is 9.05. The van der Waals surface area contributed by atoms with Gasteiger partial charge in [-0.25, -0.2) is 21.9 Å². The number of halogens is 1. The number of aryl methyl sites for hydroxylation is 1. The summed E-state index contributed by atoms with van der Waals surface area (Å²) >= 11 is 0. The van der Waals surface area contributed by atoms with Crippen molar-refractivity contribution in [1.29, 1.82) is 0 Å². The fourth-order valence-electron chi connectivity index (χ4n) is 3.24. The second kappa shape index (κ2) is 8.83. The summed E-state index contributed by atoms with van der Waals surface area (Å²) in [4.78, 5) is 27.7. The molecule has 7 nitrogen and oxygen atoms in total. The average molecular weight is 434 g/mol. The third-order valence-corrected chi connectivity index (χ3v) is 6.82. The van der Waals surface area contributed by atoms with Crippen LogP contribution in [0.15, 0.2) is 53.4 Å². The molecule has 0 bridgehead atoms. The Kier molecular flexibility index (Phi) is 6.40. The number of hydrogen-bond acceptors (Lipinski definition) is 4. The molecule has 0 atom stereocenters. The molecule has 1 fully saturated rings. The molecule has 1 saturated heterocycles. The Morgan fingerprint density at radius 1 is 0.967 bits per heavy atom. The summed E-state index contributed by atoms with van der Waals surface area (Å²) in [6, 6.07) is 11.2. The fourth-order valence-corrected chi connectivity index (χ4v) is 4.61. The third kappa shape index (κ3) is 4.62. The van der Waals surface area contributed by atoms with Gasteiger partial charge in [0.1, 0.15) is 5.82 Å². The van der Waals surface area contributed by atoms with Gasteiger partial charge in [0.15, 0.2) is 0 Å². The van der Waals surface area contributed by atoms with Crippen molar-refractivity contribution in [1.82, 2.24) is 14.1 Å². The van der Waals surface area contributed by atoms with E-state index in [0.717, 1.165) is 5.56 Å². The maximum absolute atomic E-state index is 14.2. The summed E-state index contributed by atoms with van der Waals surface area (Å²) < 4.78 is 41.6. The molecule has 0 aliphatic carbocycles. The summed E-state index contributed by atoms with van der Waals surface area (Å²) in [6.07, 6.45) is 0. The van der Waals surface area contributed by atoms with Crippen LogP contribution in [0.5, 0.6) is 0 Å². The lowest BCUT2D eigenvalue weighted by Gasteiger charge is -2.36. The van der Waals surface area contributed by atoms with Crippen LogP contribution >= 0.6 is 0 Å². The van der Waals surface area contributed by atoms with Crippen molar-refractivity contribution in [2.24, 2.45) is 0 Å². The third-order valence-electron chi connectivity index (χ3n) is 5.09. The van der Waals surface area contributed by atoms with Crippen LogP contribution < -0.4 is 0 Å². The number of nitrogens with zero attached hydrogens (tertiary/aromatic N) is 3. The topological polar surface area (TPSA) is 78.0 Å². The van der Waals surface area contributed by atoms with Gasteiger partial charge in [0, 0.05) is 38.7 Å². The minimum Gasteiger partial charge on any atom is -0.339 e. The molecular formula is C21H24FN3O4S. The van der Waals surface area contributed by atoms with Crippen LogP contribution in [0.25, 0.3) is 0 Å². The van der Waals surface area contributed by atoms with Crippen molar-refractivity contribution in [3.05, 3.63) is 65.5 Å². The molecule has 2 aromatic rings. The van der Waals surface area contributed by atoms with E-state index in [0.29, 0.717) is 17.4 Å². The normalized spacial score (nSPS) is 14.5. The molecule has 1 aliphatic rings. The van der Waals surface area contributed by atoms with Gasteiger partial charge in [-0.05, 0) is 25.1 Å². The van der Waals surface area contributed by atoms with E-state index in [2.05, 4.69) is 0 Å². The molecular weight excluding hydrogens is 409 g/mol. The highest BCUT2D eigenvalue weighted by atomic mass is 32.2. The highest BCUT2D eigenvalue weighted by Crippen LogP contribution is 2.22. The predicted octanol–water partition coefficient (Wildman–Crippen LogP) is 2.61. The molecule has 1 heterocycles. The Morgan fingerprint density at radius 2 is 1.53 bits per heavy atom. The van der Waals surface area contributed by atoms with Crippen molar-refractivity contribution in [2.45, 2.75) is 25.3 Å². The van der Waals surface area contributed by atoms with Crippen molar-refractivity contribution in [2.75, 3.05) is 26.2 Å². The fraction of sp³-hybridized carbons (Fsp3) is 0.333. The van der Waals surface area contributed by atoms with Crippen LogP contribution in [0.1, 0.15) is 18.1 Å². The molecule has 0 spiro atoms. The van der Waals surface area contributed by atoms with Crippen LogP contribution in [0.3, 0.4) is 0 Å². The Balaban J connectivity index is 1.93. The van der Waals surface area contributed by atoms with Gasteiger partial charge in [-0.15, -0.1) is 0 Å². The van der Waals surface area contributed by atoms with Gasteiger partial charge in [-0.3, -0.25) is 4.79 Å². The molecule has 0 unspecified atom stereocenters. The number of hydrogen-bond donors (Lipinski definition) is 0. The summed E-state index contributed by atoms with van der Waals surface area (Å²) in [5.41, 5.74) is 0.977. The smallest absolute Gasteiger partial charge is 0.334 e. The minimum atomic E-state index is -4.22. The number of piperazine rings is 1. The van der Waals surface area contributed by atoms with Crippen LogP contribution in [0.2, 0.25) is 0 Å². The number of carbonyl (C=O) groups is 2. The van der Waals surface area contributed by atoms with E-state index in [1.54, 1.807) is 23.1 Å². The Hall–Kier alpha value is -2.94. The predicted molar refractivity (Wildman–Crippen MR) is 110 cm³/mol. The number of benzene rings is 2. The monoisotopic (exact) mass is 433 g/mol. The zero-order chi connectivity index (χ0) is 21.9. The molecule has 9 heteroatoms. The molecule has 0 aromatic heterocycles. The van der Waals surface area contributed by atoms with Crippen LogP contribution in [0, 0.1) is 12.7 Å². The van der Waals surface area contributed by atoms with Gasteiger partial charge in [0.25, 0.3) is 10.0 Å². The number of rotatable bonds is 4. The highest BCUT2D eigenvalue weighted by Gasteiger charge is 2.35. The van der Waals surface area contributed by atoms with Crippen LogP contribution in [0.4, 0.5) is 9.18 Å². The Bertz CT molecular complexity index is 1030. The van der Waals surface area contributed by atoms with Crippen molar-refractivity contribution in [3.63, 3.8) is 0 Å². The van der Waals surface area contributed by atoms with E-state index < -0.39 is 28.4 Å². The molecule has 0 N–H and O–H groups in total. The lowest BCUT2D eigenvalue weighted by atomic mass is 10.2. The number of sulfonamides is 1. The lowest BCUT2D eigenvalue weighted by molar-refractivity contribution is -0.130. The first-order valence-corrected chi connectivity index (χ1v) is 11.0. The number of carbonyl (C=O) groups excluding carboxylic acids is 2. The second-order valence-electron chi connectivity index (χ2n) is 7.19. The van der Waals surface area contributed by atoms with E-state index in [1.807, 2.05) is 6.92 Å². The quantitative estimate of drug-likeness (QED) is 0.743. The molecule has 30 heavy (non-hydrogen) atoms. The first kappa shape index (κ1) is 21.8. The Labute approximate surface area is 175 Å². The molecule has 2 aromatic carbocycles. The van der Waals surface area contributed by atoms with E-state index >= 15 is 0 Å². The maximum atomic E-state index is 14.2. The zero-order valence-corrected chi connectivity index (χ0v) is 17.7. The Morgan fingerprint density at radius 3 is 2.10 bits per heavy atom. The molecule has 0 radical (unpaired) electrons. The van der Waals surface area contributed by atoms with Gasteiger partial charge >= 0.3 is 6.03 Å². The van der Waals surface area contributed by atoms with Gasteiger partial charge in [-0.2, -0.15) is 0 Å². The molecule has 160 valence electrons. The highest BCUT2D eigenvalue weighted by molar-refractivity contribution is 7.89. The lowest BCUT2D eigenvalue weighted by Crippen LogP contribution is -2.54. The summed E-state index contributed by atoms with van der Waals surface area (Å²) in [5, 5.41) is 0. The van der Waals surface area contributed by atoms with E-state index in [9.17, 15) is 22.4 Å². The van der Waals surface area contributed by atoms with Crippen LogP contribution in [-0.2, 0) is 21.4 Å². The largest absolute Gasteiger partial charge is 0.339 e. The molecule has 3 rings (SSSR count). The summed E-state index contributed by atoms with van der Waals surface area (Å²) in [6.45, 7) is 3.90. The van der Waals surface area contributed by atoms with E-state index in [1.165, 1.54) is 42.2 Å². The van der Waals surface area contributed by atoms with E-state index in [-0.39, 0.29) is 29.5 Å². The van der Waals surface area contributed by atoms with Crippen LogP contribution in [-0.4, -0.2) is 60.6 Å². The van der Waals surface area contributed by atoms with Gasteiger partial charge in [-0.1, -0.05) is 35.9 Å². The minimum absolute atomic E-state index is 0.0415. The zero-order valence-electron chi connectivity index (χ0n) is 16.9. The van der Waals surface area contributed by atoms with E-state index in [4.69, 9.17) is 0 Å². The standard InChI is InChI=1S/C21H24FN3O4S/c1-16-7-9-19(10-8-16)30(28,29)25(15-18-5-3-4-6-20(18)22)21(27)24-13-11-23(12-14-24)17(2)26/h3-10H,11-15H2,1-2H3. The molecule has 1 aliphatic heterocycles. The average Bonchev–Trinajstić information content (AvgIpc) is 2.73. The number of urea groups is 1. The summed E-state index contributed by atoms with van der Waals surface area (Å²) in [5.74, 6) is -0.687. The first-order valence-electron chi connectivity index (χ1n) is 9.57. The van der Waals surface area contributed by atoms with Gasteiger partial charge in [0.2, 0.25) is 5.91 Å². The molecule has 0 saturated carbocycles. The molecule has 3 amide bonds. The van der Waals surface area contributed by atoms with Gasteiger partial charge in [0.05, 0.1) is 11.4 Å². The van der Waals surface area contributed by atoms with Crippen molar-refractivity contribution >= 4 is 22.0 Å². The van der Waals surface area contributed by atoms with Crippen molar-refractivity contribution in [3.8, 4) is 0 Å². The SMILES string of the molecule is CC(=O)N1CCN(C(=O)N(Cc2ccccc2F)S(=O)(=O)c2ccc(C)cc2)CC1. The number of amides is 3. The van der Waals surface area contributed by atoms with Crippen molar-refractivity contribution < 1.29 is 22.4 Å².